The van der Waals surface area contributed by atoms with Gasteiger partial charge in [-0.05, 0) is 31.5 Å². The molecule has 0 unspecified atom stereocenters. The number of nitrogens with zero attached hydrogens (tertiary/aromatic N) is 4. The molecule has 10 heteroatoms. The Morgan fingerprint density at radius 1 is 1.24 bits per heavy atom. The zero-order valence-electron chi connectivity index (χ0n) is 17.0. The van der Waals surface area contributed by atoms with Crippen LogP contribution in [-0.4, -0.2) is 40.8 Å². The Hall–Kier alpha value is -1.98. The molecular formula is C19H27F3IN5O. The summed E-state index contributed by atoms with van der Waals surface area (Å²) in [5, 5.41) is 6.63. The Bertz CT molecular complexity index is 790. The molecule has 0 spiro atoms. The van der Waals surface area contributed by atoms with Gasteiger partial charge in [-0.2, -0.15) is 18.3 Å². The molecule has 2 rings (SSSR count). The molecule has 0 amide bonds. The van der Waals surface area contributed by atoms with Gasteiger partial charge < -0.3 is 15.0 Å². The van der Waals surface area contributed by atoms with E-state index < -0.39 is 11.9 Å². The Balaban J connectivity index is 0.00000420. The summed E-state index contributed by atoms with van der Waals surface area (Å²) in [5.41, 5.74) is 0.178. The minimum Gasteiger partial charge on any atom is -0.494 e. The largest absolute Gasteiger partial charge is 0.494 e. The summed E-state index contributed by atoms with van der Waals surface area (Å²) in [6, 6.07) is 7.69. The van der Waals surface area contributed by atoms with Crippen LogP contribution in [-0.2, 0) is 26.3 Å². The summed E-state index contributed by atoms with van der Waals surface area (Å²) in [4.78, 5) is 6.23. The maximum absolute atomic E-state index is 13.1. The molecule has 6 nitrogen and oxygen atoms in total. The molecule has 0 aliphatic heterocycles. The summed E-state index contributed by atoms with van der Waals surface area (Å²) in [7, 11) is 3.30. The van der Waals surface area contributed by atoms with E-state index in [4.69, 9.17) is 4.74 Å². The molecule has 1 aromatic heterocycles. The number of alkyl halides is 3. The minimum atomic E-state index is -4.50. The Labute approximate surface area is 186 Å². The summed E-state index contributed by atoms with van der Waals surface area (Å²) >= 11 is 0. The van der Waals surface area contributed by atoms with Gasteiger partial charge in [-0.3, -0.25) is 4.68 Å². The second kappa shape index (κ2) is 11.3. The van der Waals surface area contributed by atoms with E-state index in [2.05, 4.69) is 15.4 Å². The number of aromatic nitrogens is 2. The molecule has 0 aliphatic carbocycles. The molecule has 0 saturated heterocycles. The first kappa shape index (κ1) is 25.1. The maximum Gasteiger partial charge on any atom is 0.435 e. The maximum atomic E-state index is 13.1. The second-order valence-corrected chi connectivity index (χ2v) is 6.28. The summed E-state index contributed by atoms with van der Waals surface area (Å²) in [5.74, 6) is 1.32. The third-order valence-electron chi connectivity index (χ3n) is 3.92. The molecule has 0 bridgehead atoms. The van der Waals surface area contributed by atoms with Gasteiger partial charge in [-0.15, -0.1) is 24.0 Å². The summed E-state index contributed by atoms with van der Waals surface area (Å²) < 4.78 is 45.9. The van der Waals surface area contributed by atoms with Crippen molar-refractivity contribution in [1.82, 2.24) is 20.0 Å². The first-order chi connectivity index (χ1) is 13.2. The van der Waals surface area contributed by atoms with Crippen LogP contribution in [0.2, 0.25) is 0 Å². The van der Waals surface area contributed by atoms with E-state index in [1.54, 1.807) is 0 Å². The fourth-order valence-electron chi connectivity index (χ4n) is 2.73. The summed E-state index contributed by atoms with van der Waals surface area (Å²) in [6.45, 7) is 5.48. The van der Waals surface area contributed by atoms with E-state index in [9.17, 15) is 13.2 Å². The summed E-state index contributed by atoms with van der Waals surface area (Å²) in [6.07, 6.45) is -3.15. The van der Waals surface area contributed by atoms with Crippen LogP contribution >= 0.6 is 24.0 Å². The van der Waals surface area contributed by atoms with Crippen molar-refractivity contribution in [3.05, 3.63) is 47.3 Å². The highest BCUT2D eigenvalue weighted by atomic mass is 127. The second-order valence-electron chi connectivity index (χ2n) is 6.28. The number of hydrogen-bond acceptors (Lipinski definition) is 3. The van der Waals surface area contributed by atoms with E-state index in [1.807, 2.05) is 50.1 Å². The predicted molar refractivity (Wildman–Crippen MR) is 118 cm³/mol. The number of aryl methyl sites for hydroxylation is 1. The van der Waals surface area contributed by atoms with Gasteiger partial charge in [-0.25, -0.2) is 4.99 Å². The van der Waals surface area contributed by atoms with Crippen LogP contribution in [0.15, 0.2) is 35.5 Å². The number of aliphatic imine (C=N–C) groups is 1. The highest BCUT2D eigenvalue weighted by Crippen LogP contribution is 2.30. The molecule has 0 aliphatic rings. The number of guanidine groups is 1. The number of halogens is 4. The number of rotatable bonds is 7. The molecule has 0 fully saturated rings. The molecule has 0 radical (unpaired) electrons. The zero-order chi connectivity index (χ0) is 20.7. The number of nitrogens with one attached hydrogen (secondary N) is 1. The lowest BCUT2D eigenvalue weighted by molar-refractivity contribution is -0.142. The van der Waals surface area contributed by atoms with Crippen molar-refractivity contribution >= 4 is 29.9 Å². The lowest BCUT2D eigenvalue weighted by Gasteiger charge is -2.22. The first-order valence-electron chi connectivity index (χ1n) is 9.05. The molecule has 1 N–H and O–H groups in total. The third kappa shape index (κ3) is 7.41. The fourth-order valence-corrected chi connectivity index (χ4v) is 2.73. The number of benzene rings is 1. The van der Waals surface area contributed by atoms with Crippen molar-refractivity contribution in [2.45, 2.75) is 33.1 Å². The van der Waals surface area contributed by atoms with Crippen LogP contribution in [0, 0.1) is 0 Å². The standard InChI is InChI=1S/C19H26F3N5O.HI/c1-5-23-18(24-11-15-13-27(4)25-17(15)19(20,21)22)26(3)12-14-7-9-16(10-8-14)28-6-2;/h7-10,13H,5-6,11-12H2,1-4H3,(H,23,24);1H. The van der Waals surface area contributed by atoms with E-state index in [-0.39, 0.29) is 36.1 Å². The van der Waals surface area contributed by atoms with Crippen LogP contribution in [0.5, 0.6) is 5.75 Å². The minimum absolute atomic E-state index is 0. The van der Waals surface area contributed by atoms with Crippen molar-refractivity contribution in [2.75, 3.05) is 20.2 Å². The van der Waals surface area contributed by atoms with Crippen molar-refractivity contribution < 1.29 is 17.9 Å². The van der Waals surface area contributed by atoms with Crippen molar-refractivity contribution in [3.63, 3.8) is 0 Å². The molecule has 0 atom stereocenters. The van der Waals surface area contributed by atoms with E-state index in [0.717, 1.165) is 16.0 Å². The quantitative estimate of drug-likeness (QED) is 0.337. The molecule has 2 aromatic rings. The smallest absolute Gasteiger partial charge is 0.435 e. The van der Waals surface area contributed by atoms with Gasteiger partial charge in [-0.1, -0.05) is 12.1 Å². The van der Waals surface area contributed by atoms with Gasteiger partial charge in [0.25, 0.3) is 0 Å². The zero-order valence-corrected chi connectivity index (χ0v) is 19.3. The third-order valence-corrected chi connectivity index (χ3v) is 3.92. The van der Waals surface area contributed by atoms with Crippen LogP contribution in [0.3, 0.4) is 0 Å². The van der Waals surface area contributed by atoms with Crippen LogP contribution < -0.4 is 10.1 Å². The van der Waals surface area contributed by atoms with E-state index >= 15 is 0 Å². The Morgan fingerprint density at radius 2 is 1.90 bits per heavy atom. The average Bonchev–Trinajstić information content (AvgIpc) is 3.01. The lowest BCUT2D eigenvalue weighted by atomic mass is 10.2. The van der Waals surface area contributed by atoms with Gasteiger partial charge >= 0.3 is 6.18 Å². The molecule has 29 heavy (non-hydrogen) atoms. The molecular weight excluding hydrogens is 498 g/mol. The van der Waals surface area contributed by atoms with Crippen LogP contribution in [0.25, 0.3) is 0 Å². The predicted octanol–water partition coefficient (Wildman–Crippen LogP) is 4.05. The van der Waals surface area contributed by atoms with Gasteiger partial charge in [0.2, 0.25) is 0 Å². The Morgan fingerprint density at radius 3 is 2.45 bits per heavy atom. The Kier molecular flexibility index (Phi) is 9.74. The van der Waals surface area contributed by atoms with Crippen LogP contribution in [0.1, 0.15) is 30.7 Å². The van der Waals surface area contributed by atoms with Crippen molar-refractivity contribution in [3.8, 4) is 5.75 Å². The van der Waals surface area contributed by atoms with Crippen molar-refractivity contribution in [2.24, 2.45) is 12.0 Å². The topological polar surface area (TPSA) is 54.7 Å². The van der Waals surface area contributed by atoms with Gasteiger partial charge in [0, 0.05) is 38.9 Å². The SMILES string of the molecule is CCNC(=NCc1cn(C)nc1C(F)(F)F)N(C)Cc1ccc(OCC)cc1.I. The van der Waals surface area contributed by atoms with Gasteiger partial charge in [0.1, 0.15) is 5.75 Å². The molecule has 1 heterocycles. The first-order valence-corrected chi connectivity index (χ1v) is 9.05. The van der Waals surface area contributed by atoms with Crippen molar-refractivity contribution in [1.29, 1.82) is 0 Å². The number of ether oxygens (including phenoxy) is 1. The lowest BCUT2D eigenvalue weighted by Crippen LogP contribution is -2.38. The normalized spacial score (nSPS) is 11.8. The molecule has 1 aromatic carbocycles. The molecule has 162 valence electrons. The highest BCUT2D eigenvalue weighted by molar-refractivity contribution is 14.0. The van der Waals surface area contributed by atoms with E-state index in [1.165, 1.54) is 13.2 Å². The molecule has 0 saturated carbocycles. The highest BCUT2D eigenvalue weighted by Gasteiger charge is 2.36. The monoisotopic (exact) mass is 525 g/mol. The van der Waals surface area contributed by atoms with E-state index in [0.29, 0.717) is 25.7 Å². The van der Waals surface area contributed by atoms with Gasteiger partial charge in [0.15, 0.2) is 11.7 Å². The van der Waals surface area contributed by atoms with Crippen LogP contribution in [0.4, 0.5) is 13.2 Å². The number of hydrogen-bond donors (Lipinski definition) is 1. The average molecular weight is 525 g/mol. The van der Waals surface area contributed by atoms with Gasteiger partial charge in [0.05, 0.1) is 13.2 Å². The fraction of sp³-hybridized carbons (Fsp3) is 0.474.